The normalized spacial score (nSPS) is 11.9. The predicted molar refractivity (Wildman–Crippen MR) is 234 cm³/mol. The van der Waals surface area contributed by atoms with E-state index < -0.39 is 0 Å². The van der Waals surface area contributed by atoms with Crippen LogP contribution in [0, 0.1) is 0 Å². The third-order valence-electron chi connectivity index (χ3n) is 11.4. The Labute approximate surface area is 322 Å². The highest BCUT2D eigenvalue weighted by Gasteiger charge is 2.21. The van der Waals surface area contributed by atoms with Crippen molar-refractivity contribution in [3.05, 3.63) is 194 Å². The fourth-order valence-electron chi connectivity index (χ4n) is 8.92. The molecule has 4 heteroatoms. The SMILES string of the molecule is c1ccc(-c2nc3ccc4ccc(-n5c6cc7c(cc6c6ccc8ccccc8c65)c5ccccc5n7-c5ccccc5)cc4c3nc2-c2ccccc2)cc1. The number of hydrogen-bond acceptors (Lipinski definition) is 2. The molecule has 4 nitrogen and oxygen atoms in total. The van der Waals surface area contributed by atoms with Crippen LogP contribution in [0.3, 0.4) is 0 Å². The van der Waals surface area contributed by atoms with Crippen molar-refractivity contribution in [1.29, 1.82) is 0 Å². The highest BCUT2D eigenvalue weighted by atomic mass is 15.0. The average Bonchev–Trinajstić information content (AvgIpc) is 3.78. The molecule has 0 bridgehead atoms. The van der Waals surface area contributed by atoms with Crippen molar-refractivity contribution in [2.45, 2.75) is 0 Å². The molecular formula is C52H32N4. The lowest BCUT2D eigenvalue weighted by molar-refractivity contribution is 1.17. The molecule has 3 heterocycles. The Morgan fingerprint density at radius 3 is 1.70 bits per heavy atom. The first-order valence-electron chi connectivity index (χ1n) is 19.1. The van der Waals surface area contributed by atoms with Gasteiger partial charge in [-0.2, -0.15) is 0 Å². The molecule has 0 aliphatic rings. The molecule has 0 spiro atoms. The van der Waals surface area contributed by atoms with Crippen LogP contribution in [0.5, 0.6) is 0 Å². The van der Waals surface area contributed by atoms with Gasteiger partial charge in [-0.3, -0.25) is 0 Å². The minimum Gasteiger partial charge on any atom is -0.309 e. The molecule has 0 saturated carbocycles. The van der Waals surface area contributed by atoms with Gasteiger partial charge in [0.2, 0.25) is 0 Å². The summed E-state index contributed by atoms with van der Waals surface area (Å²) in [7, 11) is 0. The van der Waals surface area contributed by atoms with Gasteiger partial charge in [0.05, 0.1) is 44.5 Å². The second kappa shape index (κ2) is 12.0. The molecule has 12 aromatic rings. The monoisotopic (exact) mass is 712 g/mol. The van der Waals surface area contributed by atoms with Gasteiger partial charge >= 0.3 is 0 Å². The lowest BCUT2D eigenvalue weighted by Gasteiger charge is -2.14. The van der Waals surface area contributed by atoms with Crippen LogP contribution in [-0.2, 0) is 0 Å². The van der Waals surface area contributed by atoms with Crippen molar-refractivity contribution in [1.82, 2.24) is 19.1 Å². The maximum Gasteiger partial charge on any atom is 0.0973 e. The smallest absolute Gasteiger partial charge is 0.0973 e. The van der Waals surface area contributed by atoms with Gasteiger partial charge in [-0.1, -0.05) is 146 Å². The summed E-state index contributed by atoms with van der Waals surface area (Å²) in [5.74, 6) is 0. The van der Waals surface area contributed by atoms with Crippen LogP contribution in [0.2, 0.25) is 0 Å². The summed E-state index contributed by atoms with van der Waals surface area (Å²) in [6, 6.07) is 69.5. The van der Waals surface area contributed by atoms with Crippen LogP contribution in [0.15, 0.2) is 194 Å². The fourth-order valence-corrected chi connectivity index (χ4v) is 8.92. The van der Waals surface area contributed by atoms with E-state index >= 15 is 0 Å². The summed E-state index contributed by atoms with van der Waals surface area (Å²) < 4.78 is 4.88. The molecular weight excluding hydrogens is 681 g/mol. The van der Waals surface area contributed by atoms with Crippen molar-refractivity contribution in [3.8, 4) is 33.9 Å². The number of rotatable bonds is 4. The molecule has 0 radical (unpaired) electrons. The number of aromatic nitrogens is 4. The molecule has 3 aromatic heterocycles. The molecule has 0 unspecified atom stereocenters. The molecule has 0 aliphatic heterocycles. The summed E-state index contributed by atoms with van der Waals surface area (Å²) >= 11 is 0. The second-order valence-electron chi connectivity index (χ2n) is 14.6. The molecule has 0 N–H and O–H groups in total. The van der Waals surface area contributed by atoms with Crippen molar-refractivity contribution >= 4 is 76.2 Å². The minimum atomic E-state index is 0.870. The molecule has 9 aromatic carbocycles. The average molecular weight is 713 g/mol. The first kappa shape index (κ1) is 30.9. The van der Waals surface area contributed by atoms with E-state index in [1.54, 1.807) is 0 Å². The number of nitrogens with zero attached hydrogens (tertiary/aromatic N) is 4. The topological polar surface area (TPSA) is 35.6 Å². The van der Waals surface area contributed by atoms with Crippen LogP contribution < -0.4 is 0 Å². The maximum atomic E-state index is 5.48. The van der Waals surface area contributed by atoms with Crippen LogP contribution in [0.4, 0.5) is 0 Å². The zero-order chi connectivity index (χ0) is 36.7. The zero-order valence-corrected chi connectivity index (χ0v) is 30.3. The Morgan fingerprint density at radius 1 is 0.321 bits per heavy atom. The predicted octanol–water partition coefficient (Wildman–Crippen LogP) is 13.5. The fraction of sp³-hybridized carbons (Fsp3) is 0. The lowest BCUT2D eigenvalue weighted by atomic mass is 10.0. The lowest BCUT2D eigenvalue weighted by Crippen LogP contribution is -1.98. The van der Waals surface area contributed by atoms with Gasteiger partial charge < -0.3 is 9.13 Å². The van der Waals surface area contributed by atoms with Gasteiger partial charge in [-0.05, 0) is 59.3 Å². The van der Waals surface area contributed by atoms with Crippen molar-refractivity contribution in [3.63, 3.8) is 0 Å². The van der Waals surface area contributed by atoms with Crippen LogP contribution >= 0.6 is 0 Å². The van der Waals surface area contributed by atoms with E-state index in [1.165, 1.54) is 48.9 Å². The molecule has 0 amide bonds. The van der Waals surface area contributed by atoms with E-state index in [0.717, 1.165) is 61.2 Å². The maximum absolute atomic E-state index is 5.48. The summed E-state index contributed by atoms with van der Waals surface area (Å²) in [6.45, 7) is 0. The summed E-state index contributed by atoms with van der Waals surface area (Å²) in [5, 5.41) is 9.57. The van der Waals surface area contributed by atoms with E-state index in [1.807, 2.05) is 12.1 Å². The molecule has 260 valence electrons. The van der Waals surface area contributed by atoms with Crippen molar-refractivity contribution < 1.29 is 0 Å². The zero-order valence-electron chi connectivity index (χ0n) is 30.3. The number of para-hydroxylation sites is 2. The molecule has 0 aliphatic carbocycles. The van der Waals surface area contributed by atoms with Crippen LogP contribution in [-0.4, -0.2) is 19.1 Å². The Kier molecular flexibility index (Phi) is 6.60. The van der Waals surface area contributed by atoms with E-state index in [9.17, 15) is 0 Å². The van der Waals surface area contributed by atoms with Gasteiger partial charge in [0.1, 0.15) is 0 Å². The molecule has 0 atom stereocenters. The standard InChI is InChI=1S/C52H32N4/c1-4-15-35(16-5-1)49-50(36-17-6-2-7-18-36)54-51-42-30-38(27-24-34(42)26-29-45(51)53-49)56-48-32-47-43(31-44(48)41-28-25-33-14-10-11-21-39(33)52(41)56)40-22-12-13-23-46(40)55(47)37-19-8-3-9-20-37/h1-32H. The van der Waals surface area contributed by atoms with Gasteiger partial charge in [0, 0.05) is 54.8 Å². The van der Waals surface area contributed by atoms with Gasteiger partial charge in [-0.25, -0.2) is 9.97 Å². The van der Waals surface area contributed by atoms with Crippen molar-refractivity contribution in [2.75, 3.05) is 0 Å². The Bertz CT molecular complexity index is 3510. The van der Waals surface area contributed by atoms with E-state index in [-0.39, 0.29) is 0 Å². The summed E-state index contributed by atoms with van der Waals surface area (Å²) in [5.41, 5.74) is 12.6. The third kappa shape index (κ3) is 4.53. The second-order valence-corrected chi connectivity index (χ2v) is 14.6. The number of fused-ring (bicyclic) bond motifs is 11. The number of benzene rings is 9. The largest absolute Gasteiger partial charge is 0.309 e. The molecule has 0 fully saturated rings. The minimum absolute atomic E-state index is 0.870. The van der Waals surface area contributed by atoms with Gasteiger partial charge in [0.15, 0.2) is 0 Å². The number of hydrogen-bond donors (Lipinski definition) is 0. The quantitative estimate of drug-likeness (QED) is 0.170. The molecule has 0 saturated heterocycles. The first-order chi connectivity index (χ1) is 27.8. The highest BCUT2D eigenvalue weighted by Crippen LogP contribution is 2.42. The summed E-state index contributed by atoms with van der Waals surface area (Å²) in [6.07, 6.45) is 0. The summed E-state index contributed by atoms with van der Waals surface area (Å²) in [4.78, 5) is 10.8. The third-order valence-corrected chi connectivity index (χ3v) is 11.4. The highest BCUT2D eigenvalue weighted by molar-refractivity contribution is 6.23. The Hall–Kier alpha value is -7.56. The Balaban J connectivity index is 1.20. The Morgan fingerprint density at radius 2 is 0.911 bits per heavy atom. The van der Waals surface area contributed by atoms with E-state index in [4.69, 9.17) is 9.97 Å². The first-order valence-corrected chi connectivity index (χ1v) is 19.1. The van der Waals surface area contributed by atoms with Gasteiger partial charge in [0.25, 0.3) is 0 Å². The van der Waals surface area contributed by atoms with Crippen LogP contribution in [0.25, 0.3) is 110 Å². The van der Waals surface area contributed by atoms with Crippen molar-refractivity contribution in [2.24, 2.45) is 0 Å². The van der Waals surface area contributed by atoms with E-state index in [2.05, 4.69) is 191 Å². The molecule has 12 rings (SSSR count). The van der Waals surface area contributed by atoms with Crippen LogP contribution in [0.1, 0.15) is 0 Å². The van der Waals surface area contributed by atoms with E-state index in [0.29, 0.717) is 0 Å². The van der Waals surface area contributed by atoms with Gasteiger partial charge in [-0.15, -0.1) is 0 Å². The molecule has 56 heavy (non-hydrogen) atoms.